The second-order valence-corrected chi connectivity index (χ2v) is 3.82. The molecule has 0 radical (unpaired) electrons. The van der Waals surface area contributed by atoms with Crippen LogP contribution in [0.15, 0.2) is 10.2 Å². The molecule has 12 heavy (non-hydrogen) atoms. The highest BCUT2D eigenvalue weighted by molar-refractivity contribution is 5.86. The lowest BCUT2D eigenvalue weighted by atomic mass is 9.94. The molecule has 0 saturated carbocycles. The normalized spacial score (nSPS) is 14.8. The molecule has 70 valence electrons. The standard InChI is InChI=1S/C10H20N2/c1-7(2)9(5)10(6)12-11-8(3)4/h7,9H,1-6H3/b12-10+. The van der Waals surface area contributed by atoms with Crippen molar-refractivity contribution in [2.45, 2.75) is 41.5 Å². The van der Waals surface area contributed by atoms with E-state index in [2.05, 4.69) is 31.0 Å². The summed E-state index contributed by atoms with van der Waals surface area (Å²) in [6.45, 7) is 12.5. The van der Waals surface area contributed by atoms with E-state index in [0.29, 0.717) is 11.8 Å². The van der Waals surface area contributed by atoms with E-state index in [0.717, 1.165) is 11.4 Å². The van der Waals surface area contributed by atoms with E-state index < -0.39 is 0 Å². The van der Waals surface area contributed by atoms with Gasteiger partial charge in [0.2, 0.25) is 0 Å². The summed E-state index contributed by atoms with van der Waals surface area (Å²) in [5.41, 5.74) is 2.12. The van der Waals surface area contributed by atoms with Crippen LogP contribution >= 0.6 is 0 Å². The summed E-state index contributed by atoms with van der Waals surface area (Å²) < 4.78 is 0. The van der Waals surface area contributed by atoms with E-state index in [-0.39, 0.29) is 0 Å². The van der Waals surface area contributed by atoms with Crippen LogP contribution in [0.4, 0.5) is 0 Å². The molecule has 0 heterocycles. The van der Waals surface area contributed by atoms with Crippen LogP contribution in [0.5, 0.6) is 0 Å². The van der Waals surface area contributed by atoms with Gasteiger partial charge in [0, 0.05) is 11.4 Å². The van der Waals surface area contributed by atoms with Crippen LogP contribution in [-0.2, 0) is 0 Å². The largest absolute Gasteiger partial charge is 0.161 e. The third-order valence-electron chi connectivity index (χ3n) is 2.07. The van der Waals surface area contributed by atoms with Crippen molar-refractivity contribution in [3.05, 3.63) is 0 Å². The minimum atomic E-state index is 0.521. The fraction of sp³-hybridized carbons (Fsp3) is 0.800. The molecule has 0 aromatic rings. The number of hydrogen-bond acceptors (Lipinski definition) is 2. The Labute approximate surface area is 75.8 Å². The Morgan fingerprint density at radius 1 is 0.917 bits per heavy atom. The van der Waals surface area contributed by atoms with Crippen LogP contribution in [0.1, 0.15) is 41.5 Å². The second kappa shape index (κ2) is 5.07. The van der Waals surface area contributed by atoms with E-state index in [1.807, 2.05) is 20.8 Å². The molecular formula is C10H20N2. The van der Waals surface area contributed by atoms with Gasteiger partial charge in [0.1, 0.15) is 0 Å². The first-order chi connectivity index (χ1) is 5.45. The lowest BCUT2D eigenvalue weighted by Gasteiger charge is -2.13. The van der Waals surface area contributed by atoms with Crippen molar-refractivity contribution in [2.75, 3.05) is 0 Å². The Balaban J connectivity index is 4.28. The maximum absolute atomic E-state index is 4.15. The predicted molar refractivity (Wildman–Crippen MR) is 55.9 cm³/mol. The van der Waals surface area contributed by atoms with Gasteiger partial charge in [-0.1, -0.05) is 20.8 Å². The Morgan fingerprint density at radius 3 is 1.75 bits per heavy atom. The number of nitrogens with zero attached hydrogens (tertiary/aromatic N) is 2. The average molecular weight is 168 g/mol. The highest BCUT2D eigenvalue weighted by Crippen LogP contribution is 2.11. The lowest BCUT2D eigenvalue weighted by molar-refractivity contribution is 0.529. The van der Waals surface area contributed by atoms with E-state index >= 15 is 0 Å². The quantitative estimate of drug-likeness (QED) is 0.457. The van der Waals surface area contributed by atoms with Gasteiger partial charge < -0.3 is 0 Å². The molecule has 0 rings (SSSR count). The Bertz CT molecular complexity index is 186. The molecule has 0 bridgehead atoms. The van der Waals surface area contributed by atoms with Gasteiger partial charge >= 0.3 is 0 Å². The molecule has 1 unspecified atom stereocenters. The first-order valence-electron chi connectivity index (χ1n) is 4.50. The Kier molecular flexibility index (Phi) is 4.79. The zero-order valence-electron chi connectivity index (χ0n) is 9.05. The maximum atomic E-state index is 4.15. The van der Waals surface area contributed by atoms with Gasteiger partial charge in [0.25, 0.3) is 0 Å². The molecule has 2 nitrogen and oxygen atoms in total. The molecule has 0 aliphatic carbocycles. The van der Waals surface area contributed by atoms with Crippen LogP contribution < -0.4 is 0 Å². The van der Waals surface area contributed by atoms with Crippen LogP contribution in [0.25, 0.3) is 0 Å². The van der Waals surface area contributed by atoms with Crippen LogP contribution in [-0.4, -0.2) is 11.4 Å². The van der Waals surface area contributed by atoms with Crippen LogP contribution in [0.3, 0.4) is 0 Å². The maximum Gasteiger partial charge on any atom is 0.0405 e. The molecular weight excluding hydrogens is 148 g/mol. The van der Waals surface area contributed by atoms with Crippen LogP contribution in [0.2, 0.25) is 0 Å². The summed E-state index contributed by atoms with van der Waals surface area (Å²) in [5, 5.41) is 8.18. The van der Waals surface area contributed by atoms with Crippen molar-refractivity contribution in [3.63, 3.8) is 0 Å². The molecule has 0 fully saturated rings. The topological polar surface area (TPSA) is 24.7 Å². The van der Waals surface area contributed by atoms with E-state index in [4.69, 9.17) is 0 Å². The SMILES string of the molecule is CC(C)=N/N=C(\C)C(C)C(C)C. The molecule has 0 saturated heterocycles. The van der Waals surface area contributed by atoms with Crippen molar-refractivity contribution in [1.29, 1.82) is 0 Å². The monoisotopic (exact) mass is 168 g/mol. The third kappa shape index (κ3) is 4.27. The first-order valence-corrected chi connectivity index (χ1v) is 4.50. The van der Waals surface area contributed by atoms with Crippen molar-refractivity contribution in [1.82, 2.24) is 0 Å². The molecule has 2 heteroatoms. The zero-order chi connectivity index (χ0) is 9.72. The summed E-state index contributed by atoms with van der Waals surface area (Å²) in [6.07, 6.45) is 0. The molecule has 0 spiro atoms. The summed E-state index contributed by atoms with van der Waals surface area (Å²) in [6, 6.07) is 0. The van der Waals surface area contributed by atoms with Crippen molar-refractivity contribution in [2.24, 2.45) is 22.0 Å². The van der Waals surface area contributed by atoms with Gasteiger partial charge in [-0.3, -0.25) is 0 Å². The van der Waals surface area contributed by atoms with E-state index in [1.54, 1.807) is 0 Å². The molecule has 0 amide bonds. The Hall–Kier alpha value is -0.660. The van der Waals surface area contributed by atoms with E-state index in [1.165, 1.54) is 0 Å². The Morgan fingerprint density at radius 2 is 1.42 bits per heavy atom. The smallest absolute Gasteiger partial charge is 0.0405 e. The summed E-state index contributed by atoms with van der Waals surface area (Å²) in [7, 11) is 0. The van der Waals surface area contributed by atoms with Crippen molar-refractivity contribution < 1.29 is 0 Å². The summed E-state index contributed by atoms with van der Waals surface area (Å²) >= 11 is 0. The summed E-state index contributed by atoms with van der Waals surface area (Å²) in [5.74, 6) is 1.16. The van der Waals surface area contributed by atoms with Gasteiger partial charge in [-0.25, -0.2) is 0 Å². The average Bonchev–Trinajstić information content (AvgIpc) is 1.98. The minimum absolute atomic E-state index is 0.521. The molecule has 0 aromatic heterocycles. The van der Waals surface area contributed by atoms with Gasteiger partial charge in [-0.15, -0.1) is 0 Å². The van der Waals surface area contributed by atoms with Gasteiger partial charge in [-0.2, -0.15) is 10.2 Å². The van der Waals surface area contributed by atoms with Gasteiger partial charge in [-0.05, 0) is 32.6 Å². The van der Waals surface area contributed by atoms with Crippen molar-refractivity contribution >= 4 is 11.4 Å². The molecule has 1 atom stereocenters. The molecule has 0 N–H and O–H groups in total. The fourth-order valence-electron chi connectivity index (χ4n) is 0.752. The molecule has 0 aliphatic rings. The zero-order valence-corrected chi connectivity index (χ0v) is 9.05. The number of hydrogen-bond donors (Lipinski definition) is 0. The summed E-state index contributed by atoms with van der Waals surface area (Å²) in [4.78, 5) is 0. The van der Waals surface area contributed by atoms with Crippen molar-refractivity contribution in [3.8, 4) is 0 Å². The lowest BCUT2D eigenvalue weighted by Crippen LogP contribution is -2.13. The minimum Gasteiger partial charge on any atom is -0.161 e. The second-order valence-electron chi connectivity index (χ2n) is 3.82. The fourth-order valence-corrected chi connectivity index (χ4v) is 0.752. The molecule has 0 aromatic carbocycles. The van der Waals surface area contributed by atoms with E-state index in [9.17, 15) is 0 Å². The number of rotatable bonds is 3. The van der Waals surface area contributed by atoms with Crippen LogP contribution in [0, 0.1) is 11.8 Å². The van der Waals surface area contributed by atoms with Gasteiger partial charge in [0.05, 0.1) is 0 Å². The first kappa shape index (κ1) is 11.3. The third-order valence-corrected chi connectivity index (χ3v) is 2.07. The van der Waals surface area contributed by atoms with Gasteiger partial charge in [0.15, 0.2) is 0 Å². The highest BCUT2D eigenvalue weighted by Gasteiger charge is 2.09. The molecule has 0 aliphatic heterocycles. The predicted octanol–water partition coefficient (Wildman–Crippen LogP) is 3.14. The highest BCUT2D eigenvalue weighted by atomic mass is 15.2.